The zero-order chi connectivity index (χ0) is 17.8. The minimum absolute atomic E-state index is 0.129. The zero-order valence-corrected chi connectivity index (χ0v) is 14.6. The van der Waals surface area contributed by atoms with Crippen LogP contribution in [-0.4, -0.2) is 11.8 Å². The van der Waals surface area contributed by atoms with Crippen molar-refractivity contribution in [2.45, 2.75) is 13.0 Å². The van der Waals surface area contributed by atoms with Crippen molar-refractivity contribution in [2.24, 2.45) is 0 Å². The Balaban J connectivity index is 1.68. The molecule has 0 spiro atoms. The van der Waals surface area contributed by atoms with E-state index in [1.807, 2.05) is 18.2 Å². The molecule has 1 aliphatic heterocycles. The summed E-state index contributed by atoms with van der Waals surface area (Å²) in [6, 6.07) is 14.1. The second kappa shape index (κ2) is 7.59. The van der Waals surface area contributed by atoms with Crippen LogP contribution in [0.4, 0.5) is 5.69 Å². The van der Waals surface area contributed by atoms with Crippen LogP contribution in [0, 0.1) is 0 Å². The first-order valence-corrected chi connectivity index (χ1v) is 8.37. The van der Waals surface area contributed by atoms with E-state index in [0.29, 0.717) is 28.0 Å². The molecule has 7 heteroatoms. The molecular weight excluding hydrogens is 361 g/mol. The van der Waals surface area contributed by atoms with Crippen molar-refractivity contribution in [1.82, 2.24) is 10.7 Å². The molecule has 5 nitrogen and oxygen atoms in total. The molecule has 0 bridgehead atoms. The first-order valence-electron chi connectivity index (χ1n) is 7.61. The Morgan fingerprint density at radius 3 is 2.56 bits per heavy atom. The fourth-order valence-corrected chi connectivity index (χ4v) is 2.69. The third-order valence-corrected chi connectivity index (χ3v) is 4.31. The number of benzene rings is 2. The predicted molar refractivity (Wildman–Crippen MR) is 98.1 cm³/mol. The molecule has 0 aliphatic carbocycles. The highest BCUT2D eigenvalue weighted by Gasteiger charge is 2.24. The van der Waals surface area contributed by atoms with E-state index in [1.54, 1.807) is 36.4 Å². The third-order valence-electron chi connectivity index (χ3n) is 3.69. The average molecular weight is 376 g/mol. The quantitative estimate of drug-likeness (QED) is 0.860. The molecule has 0 radical (unpaired) electrons. The first-order chi connectivity index (χ1) is 12.0. The van der Waals surface area contributed by atoms with Crippen LogP contribution in [0.2, 0.25) is 10.0 Å². The fraction of sp³-hybridized carbons (Fsp3) is 0.111. The number of carbonyl (C=O) groups excluding carboxylic acids is 2. The van der Waals surface area contributed by atoms with E-state index in [-0.39, 0.29) is 18.2 Å². The van der Waals surface area contributed by atoms with Crippen LogP contribution in [0.1, 0.15) is 12.0 Å². The molecule has 1 aliphatic rings. The number of hydrogen-bond acceptors (Lipinski definition) is 3. The van der Waals surface area contributed by atoms with Crippen molar-refractivity contribution in [2.75, 3.05) is 5.01 Å². The van der Waals surface area contributed by atoms with Crippen LogP contribution in [0.15, 0.2) is 60.3 Å². The maximum atomic E-state index is 12.4. The number of rotatable bonds is 4. The van der Waals surface area contributed by atoms with Crippen molar-refractivity contribution in [1.29, 1.82) is 0 Å². The maximum absolute atomic E-state index is 12.4. The molecule has 0 saturated carbocycles. The van der Waals surface area contributed by atoms with Crippen LogP contribution < -0.4 is 15.8 Å². The second-order valence-electron chi connectivity index (χ2n) is 5.41. The number of amides is 2. The Kier molecular flexibility index (Phi) is 5.26. The van der Waals surface area contributed by atoms with Crippen molar-refractivity contribution in [3.05, 3.63) is 75.9 Å². The number of hydrazine groups is 1. The summed E-state index contributed by atoms with van der Waals surface area (Å²) in [6.45, 7) is 0.298. The van der Waals surface area contributed by atoms with Gasteiger partial charge in [-0.3, -0.25) is 15.0 Å². The highest BCUT2D eigenvalue weighted by atomic mass is 35.5. The van der Waals surface area contributed by atoms with Gasteiger partial charge in [-0.25, -0.2) is 5.01 Å². The van der Waals surface area contributed by atoms with Crippen molar-refractivity contribution < 1.29 is 9.59 Å². The average Bonchev–Trinajstić information content (AvgIpc) is 2.62. The lowest BCUT2D eigenvalue weighted by atomic mass is 10.2. The largest absolute Gasteiger partial charge is 0.347 e. The van der Waals surface area contributed by atoms with Gasteiger partial charge in [0.2, 0.25) is 5.91 Å². The number of halogens is 2. The number of anilines is 1. The summed E-state index contributed by atoms with van der Waals surface area (Å²) in [5.41, 5.74) is 4.58. The maximum Gasteiger partial charge on any atom is 0.269 e. The molecule has 0 unspecified atom stereocenters. The molecule has 2 aromatic carbocycles. The zero-order valence-electron chi connectivity index (χ0n) is 13.1. The topological polar surface area (TPSA) is 61.4 Å². The van der Waals surface area contributed by atoms with Crippen LogP contribution >= 0.6 is 23.2 Å². The van der Waals surface area contributed by atoms with Crippen LogP contribution in [-0.2, 0) is 16.1 Å². The van der Waals surface area contributed by atoms with Gasteiger partial charge in [-0.15, -0.1) is 0 Å². The van der Waals surface area contributed by atoms with E-state index in [1.165, 1.54) is 5.01 Å². The van der Waals surface area contributed by atoms with Gasteiger partial charge in [0.25, 0.3) is 5.91 Å². The lowest BCUT2D eigenvalue weighted by Gasteiger charge is -2.28. The normalized spacial score (nSPS) is 13.9. The Morgan fingerprint density at radius 2 is 1.84 bits per heavy atom. The van der Waals surface area contributed by atoms with Crippen molar-refractivity contribution >= 4 is 40.7 Å². The third kappa shape index (κ3) is 4.13. The molecule has 2 N–H and O–H groups in total. The monoisotopic (exact) mass is 375 g/mol. The van der Waals surface area contributed by atoms with E-state index in [0.717, 1.165) is 5.56 Å². The highest BCUT2D eigenvalue weighted by molar-refractivity contribution is 6.31. The summed E-state index contributed by atoms with van der Waals surface area (Å²) in [7, 11) is 0. The Bertz CT molecular complexity index is 834. The van der Waals surface area contributed by atoms with Gasteiger partial charge in [0, 0.05) is 23.0 Å². The smallest absolute Gasteiger partial charge is 0.269 e. The number of carbonyl (C=O) groups is 2. The predicted octanol–water partition coefficient (Wildman–Crippen LogP) is 3.44. The Hall–Kier alpha value is -2.50. The molecule has 0 atom stereocenters. The van der Waals surface area contributed by atoms with E-state index < -0.39 is 0 Å². The lowest BCUT2D eigenvalue weighted by Crippen LogP contribution is -2.48. The van der Waals surface area contributed by atoms with Gasteiger partial charge in [-0.1, -0.05) is 41.4 Å². The Morgan fingerprint density at radius 1 is 1.12 bits per heavy atom. The molecule has 0 fully saturated rings. The number of nitrogens with zero attached hydrogens (tertiary/aromatic N) is 1. The van der Waals surface area contributed by atoms with Gasteiger partial charge in [-0.05, 0) is 42.0 Å². The fourth-order valence-electron chi connectivity index (χ4n) is 2.36. The first kappa shape index (κ1) is 17.3. The van der Waals surface area contributed by atoms with Gasteiger partial charge < -0.3 is 5.32 Å². The summed E-state index contributed by atoms with van der Waals surface area (Å²) in [4.78, 5) is 24.5. The number of nitrogens with one attached hydrogen (secondary N) is 2. The molecule has 0 aromatic heterocycles. The molecular formula is C18H15Cl2N3O2. The summed E-state index contributed by atoms with van der Waals surface area (Å²) in [5, 5.41) is 5.29. The Labute approximate surface area is 155 Å². The number of hydrogen-bond donors (Lipinski definition) is 2. The van der Waals surface area contributed by atoms with E-state index in [9.17, 15) is 9.59 Å². The van der Waals surface area contributed by atoms with Crippen LogP contribution in [0.3, 0.4) is 0 Å². The molecule has 128 valence electrons. The molecule has 0 saturated heterocycles. The standard InChI is InChI=1S/C18H15Cl2N3O2/c19-13-5-7-14(8-6-13)23-17(24)10-9-16(22-23)18(25)21-11-12-3-1-2-4-15(12)20/h1-9,22H,10-11H2,(H,21,25). The lowest BCUT2D eigenvalue weighted by molar-refractivity contribution is -0.120. The van der Waals surface area contributed by atoms with Crippen LogP contribution in [0.5, 0.6) is 0 Å². The van der Waals surface area contributed by atoms with Gasteiger partial charge >= 0.3 is 0 Å². The van der Waals surface area contributed by atoms with E-state index in [2.05, 4.69) is 10.7 Å². The van der Waals surface area contributed by atoms with E-state index in [4.69, 9.17) is 23.2 Å². The summed E-state index contributed by atoms with van der Waals surface area (Å²) < 4.78 is 0. The van der Waals surface area contributed by atoms with Crippen LogP contribution in [0.25, 0.3) is 0 Å². The molecule has 2 aromatic rings. The minimum atomic E-state index is -0.314. The van der Waals surface area contributed by atoms with Crippen molar-refractivity contribution in [3.63, 3.8) is 0 Å². The van der Waals surface area contributed by atoms with E-state index >= 15 is 0 Å². The highest BCUT2D eigenvalue weighted by Crippen LogP contribution is 2.20. The molecule has 1 heterocycles. The van der Waals surface area contributed by atoms with Gasteiger partial charge in [0.05, 0.1) is 5.69 Å². The minimum Gasteiger partial charge on any atom is -0.347 e. The van der Waals surface area contributed by atoms with Gasteiger partial charge in [-0.2, -0.15) is 0 Å². The second-order valence-corrected chi connectivity index (χ2v) is 6.26. The van der Waals surface area contributed by atoms with Crippen molar-refractivity contribution in [3.8, 4) is 0 Å². The van der Waals surface area contributed by atoms with Gasteiger partial charge in [0.15, 0.2) is 0 Å². The summed E-state index contributed by atoms with van der Waals surface area (Å²) in [6.07, 6.45) is 1.70. The summed E-state index contributed by atoms with van der Waals surface area (Å²) >= 11 is 12.0. The SMILES string of the molecule is O=C(NCc1ccccc1Cl)C1=CCC(=O)N(c2ccc(Cl)cc2)N1. The molecule has 3 rings (SSSR count). The summed E-state index contributed by atoms with van der Waals surface area (Å²) in [5.74, 6) is -0.476. The van der Waals surface area contributed by atoms with Gasteiger partial charge in [0.1, 0.15) is 5.70 Å². The molecule has 25 heavy (non-hydrogen) atoms. The molecule has 2 amide bonds.